The maximum atomic E-state index is 12.7. The average molecular weight is 337 g/mol. The highest BCUT2D eigenvalue weighted by atomic mass is 16.2. The summed E-state index contributed by atoms with van der Waals surface area (Å²) in [5.74, 6) is 0.0154. The third kappa shape index (κ3) is 3.50. The summed E-state index contributed by atoms with van der Waals surface area (Å²) in [6.45, 7) is 2.66. The molecule has 3 rings (SSSR count). The van der Waals surface area contributed by atoms with E-state index in [1.54, 1.807) is 19.0 Å². The van der Waals surface area contributed by atoms with Crippen molar-refractivity contribution in [2.24, 2.45) is 0 Å². The molecule has 2 aromatic rings. The monoisotopic (exact) mass is 337 g/mol. The van der Waals surface area contributed by atoms with Crippen LogP contribution >= 0.6 is 0 Å². The van der Waals surface area contributed by atoms with Crippen molar-refractivity contribution in [1.82, 2.24) is 4.90 Å². The van der Waals surface area contributed by atoms with Crippen LogP contribution in [0.25, 0.3) is 0 Å². The molecular weight excluding hydrogens is 314 g/mol. The zero-order chi connectivity index (χ0) is 18.0. The summed E-state index contributed by atoms with van der Waals surface area (Å²) in [5.41, 5.74) is 3.38. The zero-order valence-corrected chi connectivity index (χ0v) is 14.8. The predicted octanol–water partition coefficient (Wildman–Crippen LogP) is 2.91. The minimum Gasteiger partial charge on any atom is -0.373 e. The summed E-state index contributed by atoms with van der Waals surface area (Å²) in [7, 11) is 3.46. The Morgan fingerprint density at radius 3 is 2.56 bits per heavy atom. The number of nitrogens with zero attached hydrogens (tertiary/aromatic N) is 2. The second-order valence-corrected chi connectivity index (χ2v) is 6.54. The van der Waals surface area contributed by atoms with Gasteiger partial charge in [-0.15, -0.1) is 0 Å². The Balaban J connectivity index is 1.78. The van der Waals surface area contributed by atoms with E-state index in [0.29, 0.717) is 12.1 Å². The fraction of sp³-hybridized carbons (Fsp3) is 0.300. The Hall–Kier alpha value is -2.82. The van der Waals surface area contributed by atoms with Crippen molar-refractivity contribution in [1.29, 1.82) is 0 Å². The lowest BCUT2D eigenvalue weighted by Gasteiger charge is -2.19. The zero-order valence-electron chi connectivity index (χ0n) is 14.8. The molecule has 25 heavy (non-hydrogen) atoms. The van der Waals surface area contributed by atoms with E-state index in [1.165, 1.54) is 0 Å². The Morgan fingerprint density at radius 2 is 1.88 bits per heavy atom. The van der Waals surface area contributed by atoms with Gasteiger partial charge in [0.2, 0.25) is 5.91 Å². The Kier molecular flexibility index (Phi) is 4.74. The molecule has 1 N–H and O–H groups in total. The van der Waals surface area contributed by atoms with E-state index in [-0.39, 0.29) is 17.9 Å². The summed E-state index contributed by atoms with van der Waals surface area (Å²) < 4.78 is 0. The Bertz CT molecular complexity index is 787. The van der Waals surface area contributed by atoms with E-state index in [0.717, 1.165) is 23.4 Å². The molecule has 0 bridgehead atoms. The Labute approximate surface area is 148 Å². The van der Waals surface area contributed by atoms with Crippen LogP contribution in [0.3, 0.4) is 0 Å². The molecule has 2 aromatic carbocycles. The first-order valence-electron chi connectivity index (χ1n) is 8.42. The standard InChI is InChI=1S/C20H23N3O2/c1-14-9-10-15(19(24)22(2)3)13-18(14)21-17-11-12-23(20(17)25)16-7-5-4-6-8-16/h4-10,13,17,21H,11-12H2,1-3H3/t17-/m1/s1. The number of para-hydroxylation sites is 1. The van der Waals surface area contributed by atoms with Gasteiger partial charge in [0.15, 0.2) is 0 Å². The topological polar surface area (TPSA) is 52.7 Å². The first-order valence-corrected chi connectivity index (χ1v) is 8.42. The van der Waals surface area contributed by atoms with Gasteiger partial charge in [0, 0.05) is 37.6 Å². The lowest BCUT2D eigenvalue weighted by Crippen LogP contribution is -2.33. The fourth-order valence-corrected chi connectivity index (χ4v) is 3.03. The van der Waals surface area contributed by atoms with Crippen molar-refractivity contribution in [3.05, 3.63) is 59.7 Å². The number of anilines is 2. The SMILES string of the molecule is Cc1ccc(C(=O)N(C)C)cc1N[C@@H]1CCN(c2ccccc2)C1=O. The van der Waals surface area contributed by atoms with Gasteiger partial charge >= 0.3 is 0 Å². The van der Waals surface area contributed by atoms with Gasteiger partial charge in [0.05, 0.1) is 0 Å². The summed E-state index contributed by atoms with van der Waals surface area (Å²) in [6.07, 6.45) is 0.735. The van der Waals surface area contributed by atoms with Gasteiger partial charge < -0.3 is 15.1 Å². The van der Waals surface area contributed by atoms with Gasteiger partial charge in [-0.25, -0.2) is 0 Å². The van der Waals surface area contributed by atoms with Crippen LogP contribution in [0.4, 0.5) is 11.4 Å². The molecule has 1 aliphatic rings. The highest BCUT2D eigenvalue weighted by molar-refractivity contribution is 6.01. The molecule has 0 aromatic heterocycles. The van der Waals surface area contributed by atoms with E-state index >= 15 is 0 Å². The van der Waals surface area contributed by atoms with Crippen LogP contribution in [0, 0.1) is 6.92 Å². The van der Waals surface area contributed by atoms with Crippen molar-refractivity contribution in [2.45, 2.75) is 19.4 Å². The van der Waals surface area contributed by atoms with Crippen LogP contribution < -0.4 is 10.2 Å². The van der Waals surface area contributed by atoms with Crippen LogP contribution in [0.1, 0.15) is 22.3 Å². The molecule has 0 spiro atoms. The highest BCUT2D eigenvalue weighted by Crippen LogP contribution is 2.25. The quantitative estimate of drug-likeness (QED) is 0.933. The van der Waals surface area contributed by atoms with Gasteiger partial charge in [-0.2, -0.15) is 0 Å². The molecule has 0 unspecified atom stereocenters. The number of hydrogen-bond donors (Lipinski definition) is 1. The van der Waals surface area contributed by atoms with E-state index in [4.69, 9.17) is 0 Å². The maximum Gasteiger partial charge on any atom is 0.253 e. The van der Waals surface area contributed by atoms with Gasteiger partial charge in [0.1, 0.15) is 6.04 Å². The molecule has 0 aliphatic carbocycles. The third-order valence-electron chi connectivity index (χ3n) is 4.49. The van der Waals surface area contributed by atoms with Crippen LogP contribution in [-0.2, 0) is 4.79 Å². The normalized spacial score (nSPS) is 16.8. The van der Waals surface area contributed by atoms with Crippen molar-refractivity contribution >= 4 is 23.2 Å². The summed E-state index contributed by atoms with van der Waals surface area (Å²) in [4.78, 5) is 28.3. The van der Waals surface area contributed by atoms with E-state index < -0.39 is 0 Å². The fourth-order valence-electron chi connectivity index (χ4n) is 3.03. The minimum absolute atomic E-state index is 0.0493. The molecule has 1 atom stereocenters. The Morgan fingerprint density at radius 1 is 1.16 bits per heavy atom. The van der Waals surface area contributed by atoms with E-state index in [1.807, 2.05) is 60.4 Å². The minimum atomic E-state index is -0.274. The second kappa shape index (κ2) is 6.97. The molecule has 1 heterocycles. The molecular formula is C20H23N3O2. The summed E-state index contributed by atoms with van der Waals surface area (Å²) in [6, 6.07) is 15.0. The molecule has 2 amide bonds. The molecule has 1 aliphatic heterocycles. The molecule has 1 fully saturated rings. The van der Waals surface area contributed by atoms with E-state index in [2.05, 4.69) is 5.32 Å². The molecule has 0 saturated carbocycles. The lowest BCUT2D eigenvalue weighted by atomic mass is 10.1. The molecule has 5 heteroatoms. The third-order valence-corrected chi connectivity index (χ3v) is 4.49. The number of amides is 2. The van der Waals surface area contributed by atoms with Gasteiger partial charge in [-0.05, 0) is 43.2 Å². The number of carbonyl (C=O) groups excluding carboxylic acids is 2. The maximum absolute atomic E-state index is 12.7. The van der Waals surface area contributed by atoms with Crippen LogP contribution in [-0.4, -0.2) is 43.4 Å². The first kappa shape index (κ1) is 17.0. The van der Waals surface area contributed by atoms with Crippen molar-refractivity contribution in [2.75, 3.05) is 30.9 Å². The first-order chi connectivity index (χ1) is 12.0. The number of aryl methyl sites for hydroxylation is 1. The number of carbonyl (C=O) groups is 2. The highest BCUT2D eigenvalue weighted by Gasteiger charge is 2.32. The number of rotatable bonds is 4. The van der Waals surface area contributed by atoms with Crippen molar-refractivity contribution < 1.29 is 9.59 Å². The second-order valence-electron chi connectivity index (χ2n) is 6.54. The lowest BCUT2D eigenvalue weighted by molar-refractivity contribution is -0.117. The summed E-state index contributed by atoms with van der Waals surface area (Å²) >= 11 is 0. The molecule has 0 radical (unpaired) electrons. The molecule has 5 nitrogen and oxygen atoms in total. The van der Waals surface area contributed by atoms with Gasteiger partial charge in [0.25, 0.3) is 5.91 Å². The predicted molar refractivity (Wildman–Crippen MR) is 100 cm³/mol. The molecule has 130 valence electrons. The van der Waals surface area contributed by atoms with Gasteiger partial charge in [-0.3, -0.25) is 9.59 Å². The van der Waals surface area contributed by atoms with Crippen LogP contribution in [0.5, 0.6) is 0 Å². The van der Waals surface area contributed by atoms with Crippen LogP contribution in [0.2, 0.25) is 0 Å². The average Bonchev–Trinajstić information content (AvgIpc) is 2.97. The largest absolute Gasteiger partial charge is 0.373 e. The number of benzene rings is 2. The van der Waals surface area contributed by atoms with Crippen molar-refractivity contribution in [3.8, 4) is 0 Å². The van der Waals surface area contributed by atoms with E-state index in [9.17, 15) is 9.59 Å². The van der Waals surface area contributed by atoms with Crippen molar-refractivity contribution in [3.63, 3.8) is 0 Å². The molecule has 1 saturated heterocycles. The summed E-state index contributed by atoms with van der Waals surface area (Å²) in [5, 5.41) is 3.33. The van der Waals surface area contributed by atoms with Gasteiger partial charge in [-0.1, -0.05) is 24.3 Å². The number of nitrogens with one attached hydrogen (secondary N) is 1. The van der Waals surface area contributed by atoms with Crippen LogP contribution in [0.15, 0.2) is 48.5 Å². The smallest absolute Gasteiger partial charge is 0.253 e. The number of hydrogen-bond acceptors (Lipinski definition) is 3.